The lowest BCUT2D eigenvalue weighted by Crippen LogP contribution is -2.54. The van der Waals surface area contributed by atoms with Crippen molar-refractivity contribution in [3.63, 3.8) is 0 Å². The number of ketones is 1. The van der Waals surface area contributed by atoms with E-state index in [9.17, 15) is 9.59 Å². The number of carbonyl (C=O) groups excluding carboxylic acids is 2. The van der Waals surface area contributed by atoms with Gasteiger partial charge in [-0.25, -0.2) is 4.79 Å². The maximum atomic E-state index is 12.1. The largest absolute Gasteiger partial charge is 0.444 e. The molecule has 1 rings (SSSR count). The fourth-order valence-electron chi connectivity index (χ4n) is 1.75. The van der Waals surface area contributed by atoms with Crippen LogP contribution in [0.5, 0.6) is 0 Å². The Kier molecular flexibility index (Phi) is 5.95. The number of nitrogens with zero attached hydrogens (tertiary/aromatic N) is 1. The molecule has 0 aromatic rings. The zero-order valence-electron chi connectivity index (χ0n) is 13.0. The molecule has 20 heavy (non-hydrogen) atoms. The number of hydrogen-bond acceptors (Lipinski definition) is 5. The molecule has 0 aromatic carbocycles. The SMILES string of the molecule is CC(C)OCC(=O)C1COCCN1C(=O)OC(C)(C)C. The molecular weight excluding hydrogens is 262 g/mol. The van der Waals surface area contributed by atoms with Gasteiger partial charge in [0.15, 0.2) is 5.78 Å². The molecule has 1 aliphatic heterocycles. The van der Waals surface area contributed by atoms with Gasteiger partial charge >= 0.3 is 6.09 Å². The highest BCUT2D eigenvalue weighted by Crippen LogP contribution is 2.15. The molecule has 0 saturated carbocycles. The fourth-order valence-corrected chi connectivity index (χ4v) is 1.75. The Morgan fingerprint density at radius 3 is 2.55 bits per heavy atom. The van der Waals surface area contributed by atoms with Crippen LogP contribution in [0.25, 0.3) is 0 Å². The van der Waals surface area contributed by atoms with E-state index in [1.165, 1.54) is 4.90 Å². The maximum absolute atomic E-state index is 12.1. The van der Waals surface area contributed by atoms with Crippen LogP contribution in [0.15, 0.2) is 0 Å². The number of morpholine rings is 1. The minimum atomic E-state index is -0.627. The number of carbonyl (C=O) groups is 2. The molecule has 0 N–H and O–H groups in total. The Balaban J connectivity index is 2.66. The van der Waals surface area contributed by atoms with E-state index in [-0.39, 0.29) is 25.1 Å². The van der Waals surface area contributed by atoms with Gasteiger partial charge in [0.2, 0.25) is 0 Å². The Bertz CT molecular complexity index is 348. The molecule has 1 saturated heterocycles. The number of hydrogen-bond donors (Lipinski definition) is 0. The zero-order valence-corrected chi connectivity index (χ0v) is 13.0. The lowest BCUT2D eigenvalue weighted by Gasteiger charge is -2.35. The fraction of sp³-hybridized carbons (Fsp3) is 0.857. The number of ether oxygens (including phenoxy) is 3. The molecule has 0 aliphatic carbocycles. The zero-order chi connectivity index (χ0) is 15.3. The summed E-state index contributed by atoms with van der Waals surface area (Å²) in [5.74, 6) is -0.163. The molecule has 1 unspecified atom stereocenters. The van der Waals surface area contributed by atoms with Crippen molar-refractivity contribution in [2.45, 2.75) is 52.4 Å². The quantitative estimate of drug-likeness (QED) is 0.786. The van der Waals surface area contributed by atoms with E-state index in [1.807, 2.05) is 13.8 Å². The summed E-state index contributed by atoms with van der Waals surface area (Å²) in [5, 5.41) is 0. The van der Waals surface area contributed by atoms with E-state index in [0.29, 0.717) is 13.2 Å². The maximum Gasteiger partial charge on any atom is 0.411 e. The first-order valence-corrected chi connectivity index (χ1v) is 6.92. The third kappa shape index (κ3) is 5.46. The molecule has 0 radical (unpaired) electrons. The topological polar surface area (TPSA) is 65.1 Å². The molecule has 6 nitrogen and oxygen atoms in total. The van der Waals surface area contributed by atoms with Crippen LogP contribution in [0, 0.1) is 0 Å². The van der Waals surface area contributed by atoms with Gasteiger partial charge in [-0.15, -0.1) is 0 Å². The lowest BCUT2D eigenvalue weighted by atomic mass is 10.1. The van der Waals surface area contributed by atoms with Crippen molar-refractivity contribution in [3.8, 4) is 0 Å². The van der Waals surface area contributed by atoms with E-state index in [0.717, 1.165) is 0 Å². The first kappa shape index (κ1) is 16.9. The van der Waals surface area contributed by atoms with Gasteiger partial charge in [0.05, 0.1) is 19.3 Å². The van der Waals surface area contributed by atoms with Crippen molar-refractivity contribution in [1.82, 2.24) is 4.90 Å². The van der Waals surface area contributed by atoms with Crippen molar-refractivity contribution in [1.29, 1.82) is 0 Å². The van der Waals surface area contributed by atoms with E-state index in [4.69, 9.17) is 14.2 Å². The summed E-state index contributed by atoms with van der Waals surface area (Å²) in [7, 11) is 0. The molecule has 0 bridgehead atoms. The third-order valence-corrected chi connectivity index (χ3v) is 2.69. The Hall–Kier alpha value is -1.14. The smallest absolute Gasteiger partial charge is 0.411 e. The summed E-state index contributed by atoms with van der Waals surface area (Å²) >= 11 is 0. The summed E-state index contributed by atoms with van der Waals surface area (Å²) < 4.78 is 15.9. The highest BCUT2D eigenvalue weighted by Gasteiger charge is 2.35. The highest BCUT2D eigenvalue weighted by molar-refractivity contribution is 5.88. The first-order valence-electron chi connectivity index (χ1n) is 6.92. The summed E-state index contributed by atoms with van der Waals surface area (Å²) in [5.41, 5.74) is -0.586. The Morgan fingerprint density at radius 2 is 2.00 bits per heavy atom. The molecule has 0 aromatic heterocycles. The number of rotatable bonds is 4. The Morgan fingerprint density at radius 1 is 1.35 bits per heavy atom. The van der Waals surface area contributed by atoms with Gasteiger partial charge in [-0.1, -0.05) is 0 Å². The third-order valence-electron chi connectivity index (χ3n) is 2.69. The standard InChI is InChI=1S/C14H25NO5/c1-10(2)19-9-12(16)11-8-18-7-6-15(11)13(17)20-14(3,4)5/h10-11H,6-9H2,1-5H3. The molecule has 1 atom stereocenters. The highest BCUT2D eigenvalue weighted by atomic mass is 16.6. The lowest BCUT2D eigenvalue weighted by molar-refractivity contribution is -0.136. The van der Waals surface area contributed by atoms with E-state index < -0.39 is 17.7 Å². The molecule has 1 amide bonds. The molecule has 0 spiro atoms. The molecule has 1 aliphatic rings. The van der Waals surface area contributed by atoms with Crippen LogP contribution in [0.1, 0.15) is 34.6 Å². The van der Waals surface area contributed by atoms with Gasteiger partial charge in [-0.05, 0) is 34.6 Å². The van der Waals surface area contributed by atoms with Crippen molar-refractivity contribution in [3.05, 3.63) is 0 Å². The van der Waals surface area contributed by atoms with Crippen molar-refractivity contribution in [2.24, 2.45) is 0 Å². The summed E-state index contributed by atoms with van der Waals surface area (Å²) in [6.07, 6.45) is -0.512. The van der Waals surface area contributed by atoms with Crippen LogP contribution in [0.2, 0.25) is 0 Å². The second-order valence-corrected chi connectivity index (χ2v) is 6.09. The van der Waals surface area contributed by atoms with Gasteiger partial charge in [-0.2, -0.15) is 0 Å². The minimum Gasteiger partial charge on any atom is -0.444 e. The monoisotopic (exact) mass is 287 g/mol. The second kappa shape index (κ2) is 7.04. The van der Waals surface area contributed by atoms with E-state index >= 15 is 0 Å². The second-order valence-electron chi connectivity index (χ2n) is 6.09. The van der Waals surface area contributed by atoms with Crippen LogP contribution >= 0.6 is 0 Å². The van der Waals surface area contributed by atoms with Gasteiger partial charge in [0, 0.05) is 6.54 Å². The summed E-state index contributed by atoms with van der Waals surface area (Å²) in [4.78, 5) is 25.7. The van der Waals surface area contributed by atoms with E-state index in [2.05, 4.69) is 0 Å². The van der Waals surface area contributed by atoms with Crippen LogP contribution < -0.4 is 0 Å². The minimum absolute atomic E-state index is 0.0228. The van der Waals surface area contributed by atoms with Crippen molar-refractivity contribution in [2.75, 3.05) is 26.4 Å². The average Bonchev–Trinajstić information content (AvgIpc) is 2.33. The predicted molar refractivity (Wildman–Crippen MR) is 73.6 cm³/mol. The predicted octanol–water partition coefficient (Wildman–Crippen LogP) is 1.62. The van der Waals surface area contributed by atoms with E-state index in [1.54, 1.807) is 20.8 Å². The molecule has 116 valence electrons. The molecule has 1 heterocycles. The normalized spacial score (nSPS) is 20.1. The van der Waals surface area contributed by atoms with Gasteiger partial charge in [-0.3, -0.25) is 9.69 Å². The van der Waals surface area contributed by atoms with Gasteiger partial charge in [0.25, 0.3) is 0 Å². The summed E-state index contributed by atoms with van der Waals surface area (Å²) in [6, 6.07) is -0.627. The van der Waals surface area contributed by atoms with Gasteiger partial charge < -0.3 is 14.2 Å². The first-order chi connectivity index (χ1) is 9.20. The number of amides is 1. The van der Waals surface area contributed by atoms with Crippen LogP contribution in [0.4, 0.5) is 4.79 Å². The molecule has 1 fully saturated rings. The van der Waals surface area contributed by atoms with Crippen molar-refractivity contribution >= 4 is 11.9 Å². The van der Waals surface area contributed by atoms with Gasteiger partial charge in [0.1, 0.15) is 18.2 Å². The summed E-state index contributed by atoms with van der Waals surface area (Å²) in [6.45, 7) is 10.0. The van der Waals surface area contributed by atoms with Crippen LogP contribution in [0.3, 0.4) is 0 Å². The Labute approximate surface area is 120 Å². The van der Waals surface area contributed by atoms with Crippen LogP contribution in [-0.2, 0) is 19.0 Å². The average molecular weight is 287 g/mol. The number of Topliss-reactive ketones (excluding diaryl/α,β-unsaturated/α-hetero) is 1. The van der Waals surface area contributed by atoms with Crippen molar-refractivity contribution < 1.29 is 23.8 Å². The molecule has 6 heteroatoms. The molecular formula is C14H25NO5. The van der Waals surface area contributed by atoms with Crippen LogP contribution in [-0.4, -0.2) is 60.9 Å².